The summed E-state index contributed by atoms with van der Waals surface area (Å²) in [5.74, 6) is 0.794. The number of hydrogen-bond donors (Lipinski definition) is 2. The number of aromatic nitrogens is 2. The molecule has 0 atom stereocenters. The summed E-state index contributed by atoms with van der Waals surface area (Å²) in [6, 6.07) is 16.9. The molecular weight excluding hydrogens is 515 g/mol. The summed E-state index contributed by atoms with van der Waals surface area (Å²) in [5.41, 5.74) is 8.09. The zero-order chi connectivity index (χ0) is 29.3. The molecule has 1 heterocycles. The van der Waals surface area contributed by atoms with Gasteiger partial charge in [-0.2, -0.15) is 8.98 Å². The van der Waals surface area contributed by atoms with Gasteiger partial charge in [0.05, 0.1) is 28.9 Å². The van der Waals surface area contributed by atoms with Crippen LogP contribution in [0.2, 0.25) is 0 Å². The van der Waals surface area contributed by atoms with E-state index in [1.54, 1.807) is 22.0 Å². The van der Waals surface area contributed by atoms with E-state index in [0.29, 0.717) is 4.90 Å². The van der Waals surface area contributed by atoms with Crippen molar-refractivity contribution in [1.29, 1.82) is 0 Å². The second-order valence-corrected chi connectivity index (χ2v) is 10.2. The van der Waals surface area contributed by atoms with Gasteiger partial charge in [0.15, 0.2) is 0 Å². The number of benzene rings is 2. The lowest BCUT2D eigenvalue weighted by molar-refractivity contribution is 0.639. The molecule has 0 fully saturated rings. The minimum absolute atomic E-state index is 0.214. The number of fused-ring (bicyclic) bond motifs is 1. The van der Waals surface area contributed by atoms with Crippen LogP contribution in [-0.4, -0.2) is 22.9 Å². The Hall–Kier alpha value is -3.25. The number of unbranched alkanes of at least 4 members (excludes halogenated alkanes) is 1. The zero-order valence-corrected chi connectivity index (χ0v) is 25.8. The average Bonchev–Trinajstić information content (AvgIpc) is 3.61. The second-order valence-electron chi connectivity index (χ2n) is 9.59. The Morgan fingerprint density at radius 2 is 1.57 bits per heavy atom. The fraction of sp³-hybridized carbons (Fsp3) is 0.382. The van der Waals surface area contributed by atoms with Crippen LogP contribution in [0, 0.1) is 13.8 Å². The molecule has 6 heteroatoms. The van der Waals surface area contributed by atoms with Crippen molar-refractivity contribution >= 4 is 23.5 Å². The quantitative estimate of drug-likeness (QED) is 0.171. The molecule has 2 N–H and O–H groups in total. The molecule has 0 spiro atoms. The molecule has 0 saturated carbocycles. The fourth-order valence-electron chi connectivity index (χ4n) is 4.45. The maximum Gasteiger partial charge on any atom is 0.128 e. The minimum Gasteiger partial charge on any atom is -0.389 e. The zero-order valence-electron chi connectivity index (χ0n) is 25.0. The van der Waals surface area contributed by atoms with Gasteiger partial charge in [-0.25, -0.2) is 4.68 Å². The predicted octanol–water partition coefficient (Wildman–Crippen LogP) is 9.07. The Labute approximate surface area is 246 Å². The smallest absolute Gasteiger partial charge is 0.128 e. The maximum absolute atomic E-state index is 13.1. The van der Waals surface area contributed by atoms with Crippen molar-refractivity contribution in [3.05, 3.63) is 108 Å². The molecule has 0 aliphatic heterocycles. The molecule has 0 radical (unpaired) electrons. The molecule has 40 heavy (non-hydrogen) atoms. The molecule has 3 aromatic rings. The van der Waals surface area contributed by atoms with E-state index in [-0.39, 0.29) is 12.1 Å². The number of rotatable bonds is 12. The van der Waals surface area contributed by atoms with Crippen molar-refractivity contribution in [2.75, 3.05) is 13.1 Å². The molecule has 0 amide bonds. The topological polar surface area (TPSA) is 41.9 Å². The van der Waals surface area contributed by atoms with Crippen molar-refractivity contribution in [3.8, 4) is 0 Å². The molecule has 1 aromatic heterocycles. The van der Waals surface area contributed by atoms with Gasteiger partial charge in [0.2, 0.25) is 0 Å². The lowest BCUT2D eigenvalue weighted by Crippen LogP contribution is -2.22. The molecular formula is C34H47FN4S. The van der Waals surface area contributed by atoms with Gasteiger partial charge in [-0.05, 0) is 86.3 Å². The van der Waals surface area contributed by atoms with E-state index in [4.69, 9.17) is 0 Å². The van der Waals surface area contributed by atoms with Gasteiger partial charge in [-0.3, -0.25) is 0 Å². The van der Waals surface area contributed by atoms with Crippen LogP contribution in [-0.2, 0) is 12.8 Å². The predicted molar refractivity (Wildman–Crippen MR) is 173 cm³/mol. The van der Waals surface area contributed by atoms with Crippen LogP contribution in [0.4, 0.5) is 3.89 Å². The van der Waals surface area contributed by atoms with Gasteiger partial charge in [-0.1, -0.05) is 82.5 Å². The van der Waals surface area contributed by atoms with E-state index >= 15 is 0 Å². The Morgan fingerprint density at radius 3 is 2.15 bits per heavy atom. The summed E-state index contributed by atoms with van der Waals surface area (Å²) in [6.45, 7) is 19.9. The number of nitrogens with one attached hydrogen (secondary N) is 2. The number of allylic oxidation sites excluding steroid dienone is 3. The lowest BCUT2D eigenvalue weighted by atomic mass is 10.0. The highest BCUT2D eigenvalue weighted by Crippen LogP contribution is 2.26. The van der Waals surface area contributed by atoms with E-state index in [1.807, 2.05) is 39.0 Å². The van der Waals surface area contributed by atoms with E-state index in [1.165, 1.54) is 19.3 Å². The number of aryl methyl sites for hydroxylation is 3. The van der Waals surface area contributed by atoms with Gasteiger partial charge in [0, 0.05) is 18.8 Å². The molecule has 2 aromatic carbocycles. The van der Waals surface area contributed by atoms with Crippen LogP contribution in [0.1, 0.15) is 74.4 Å². The van der Waals surface area contributed by atoms with E-state index < -0.39 is 0 Å². The van der Waals surface area contributed by atoms with Crippen molar-refractivity contribution < 1.29 is 3.89 Å². The molecule has 1 aliphatic carbocycles. The Morgan fingerprint density at radius 1 is 0.975 bits per heavy atom. The third-order valence-electron chi connectivity index (χ3n) is 6.80. The number of nitrogens with zero attached hydrogens (tertiary/aromatic N) is 2. The van der Waals surface area contributed by atoms with E-state index in [9.17, 15) is 3.89 Å². The maximum atomic E-state index is 13.1. The van der Waals surface area contributed by atoms with Crippen LogP contribution in [0.5, 0.6) is 0 Å². The third kappa shape index (κ3) is 10.1. The van der Waals surface area contributed by atoms with Crippen LogP contribution in [0.3, 0.4) is 0 Å². The van der Waals surface area contributed by atoms with Crippen LogP contribution < -0.4 is 10.6 Å². The summed E-state index contributed by atoms with van der Waals surface area (Å²) in [5, 5.41) is 11.1. The SMILES string of the molecule is C=C(CC)NCCCCN/C(=C/C(=C)c1ccccc1C)n1ncc(SF)c1C.CC.c1ccc2c(c1)CCC2. The first-order valence-corrected chi connectivity index (χ1v) is 15.2. The van der Waals surface area contributed by atoms with Crippen LogP contribution in [0.25, 0.3) is 11.4 Å². The van der Waals surface area contributed by atoms with Gasteiger partial charge < -0.3 is 10.6 Å². The third-order valence-corrected chi connectivity index (χ3v) is 7.37. The van der Waals surface area contributed by atoms with E-state index in [0.717, 1.165) is 66.3 Å². The van der Waals surface area contributed by atoms with E-state index in [2.05, 4.69) is 79.1 Å². The van der Waals surface area contributed by atoms with Gasteiger partial charge >= 0.3 is 0 Å². The van der Waals surface area contributed by atoms with Gasteiger partial charge in [0.25, 0.3) is 0 Å². The first-order valence-electron chi connectivity index (χ1n) is 14.5. The Kier molecular flexibility index (Phi) is 15.0. The van der Waals surface area contributed by atoms with Crippen LogP contribution >= 0.6 is 12.1 Å². The summed E-state index contributed by atoms with van der Waals surface area (Å²) in [7, 11) is 0. The Balaban J connectivity index is 0.000000420. The van der Waals surface area contributed by atoms with Gasteiger partial charge in [-0.15, -0.1) is 0 Å². The van der Waals surface area contributed by atoms with Crippen LogP contribution in [0.15, 0.2) is 84.6 Å². The lowest BCUT2D eigenvalue weighted by Gasteiger charge is -2.15. The summed E-state index contributed by atoms with van der Waals surface area (Å²) in [6.07, 6.45) is 10.5. The first-order chi connectivity index (χ1) is 19.4. The standard InChI is InChI=1S/C23H31FN4S.C9H10.C2H6/c1-6-19(4)25-13-9-10-14-26-23(28-20(5)22(29-24)16-27-28)15-18(3)21-12-8-7-11-17(21)2;1-2-5-9-7-3-6-8(9)4-1;1-2/h7-8,11-12,15-16,25-26H,3-4,6,9-10,13-14H2,1-2,5H3;1-2,4-5H,3,6-7H2;1-2H3/b23-15-;;. The molecule has 0 saturated heterocycles. The van der Waals surface area contributed by atoms with Crippen molar-refractivity contribution in [3.63, 3.8) is 0 Å². The highest BCUT2D eigenvalue weighted by atomic mass is 32.2. The highest BCUT2D eigenvalue weighted by Gasteiger charge is 2.12. The fourth-order valence-corrected chi connectivity index (χ4v) is 4.73. The minimum atomic E-state index is 0.214. The van der Waals surface area contributed by atoms with Crippen molar-refractivity contribution in [1.82, 2.24) is 20.4 Å². The molecule has 4 rings (SSSR count). The summed E-state index contributed by atoms with van der Waals surface area (Å²) in [4.78, 5) is 0.515. The largest absolute Gasteiger partial charge is 0.389 e. The molecule has 0 bridgehead atoms. The summed E-state index contributed by atoms with van der Waals surface area (Å²) < 4.78 is 14.9. The molecule has 4 nitrogen and oxygen atoms in total. The Bertz CT molecular complexity index is 1220. The monoisotopic (exact) mass is 562 g/mol. The first kappa shape index (κ1) is 33.0. The number of hydrogen-bond acceptors (Lipinski definition) is 4. The molecule has 0 unspecified atom stereocenters. The average molecular weight is 563 g/mol. The molecule has 1 aliphatic rings. The second kappa shape index (κ2) is 18.2. The highest BCUT2D eigenvalue weighted by molar-refractivity contribution is 7.94. The van der Waals surface area contributed by atoms with Crippen molar-refractivity contribution in [2.24, 2.45) is 0 Å². The molecule has 216 valence electrons. The summed E-state index contributed by atoms with van der Waals surface area (Å²) >= 11 is 0.214. The number of halogens is 1. The van der Waals surface area contributed by atoms with Crippen molar-refractivity contribution in [2.45, 2.75) is 78.0 Å². The van der Waals surface area contributed by atoms with Gasteiger partial charge in [0.1, 0.15) is 5.82 Å². The normalized spacial score (nSPS) is 11.9.